The molecule has 0 radical (unpaired) electrons. The van der Waals surface area contributed by atoms with Crippen molar-refractivity contribution in [2.24, 2.45) is 0 Å². The van der Waals surface area contributed by atoms with Crippen molar-refractivity contribution >= 4 is 81.7 Å². The molecule has 1 N–H and O–H groups in total. The Morgan fingerprint density at radius 1 is 0.889 bits per heavy atom. The van der Waals surface area contributed by atoms with Gasteiger partial charge in [-0.05, 0) is 0 Å². The van der Waals surface area contributed by atoms with E-state index in [-0.39, 0.29) is 0 Å². The molecule has 0 aliphatic rings. The predicted octanol–water partition coefficient (Wildman–Crippen LogP) is 3.00. The van der Waals surface area contributed by atoms with Gasteiger partial charge in [-0.2, -0.15) is 0 Å². The van der Waals surface area contributed by atoms with Gasteiger partial charge in [0.1, 0.15) is 19.8 Å². The summed E-state index contributed by atoms with van der Waals surface area (Å²) in [6, 6.07) is 0. The molecule has 0 spiro atoms. The lowest BCUT2D eigenvalue weighted by Crippen LogP contribution is -2.33. The lowest BCUT2D eigenvalue weighted by atomic mass is 10.6. The number of esters is 1. The fourth-order valence-electron chi connectivity index (χ4n) is 0.556. The Labute approximate surface area is 133 Å². The van der Waals surface area contributed by atoms with Gasteiger partial charge in [-0.25, -0.2) is 4.79 Å². The molecule has 106 valence electrons. The summed E-state index contributed by atoms with van der Waals surface area (Å²) in [6.07, 6.45) is -0.952. The van der Waals surface area contributed by atoms with Crippen LogP contribution in [0.25, 0.3) is 0 Å². The number of carbonyl (C=O) groups excluding carboxylic acids is 2. The van der Waals surface area contributed by atoms with Gasteiger partial charge in [-0.3, -0.25) is 4.79 Å². The van der Waals surface area contributed by atoms with E-state index in [1.165, 1.54) is 0 Å². The monoisotopic (exact) mass is 379 g/mol. The molecule has 0 rings (SSSR count). The van der Waals surface area contributed by atoms with Crippen molar-refractivity contribution in [2.75, 3.05) is 19.8 Å². The van der Waals surface area contributed by atoms with E-state index in [1.54, 1.807) is 0 Å². The average Bonchev–Trinajstić information content (AvgIpc) is 2.18. The summed E-state index contributed by atoms with van der Waals surface area (Å²) >= 11 is 32.0. The first-order valence-electron chi connectivity index (χ1n) is 4.19. The Hall–Kier alpha value is 0.480. The third-order valence-electron chi connectivity index (χ3n) is 1.14. The molecule has 0 fully saturated rings. The summed E-state index contributed by atoms with van der Waals surface area (Å²) in [6.45, 7) is -1.38. The summed E-state index contributed by atoms with van der Waals surface area (Å²) in [7, 11) is 0. The SMILES string of the molecule is O=C(CNC(=O)OCC(Cl)(Cl)Cl)OCC(Cl)(Cl)Cl. The third kappa shape index (κ3) is 12.9. The highest BCUT2D eigenvalue weighted by Crippen LogP contribution is 2.26. The highest BCUT2D eigenvalue weighted by atomic mass is 35.6. The van der Waals surface area contributed by atoms with Crippen LogP contribution in [0, 0.1) is 0 Å². The number of carbonyl (C=O) groups is 2. The van der Waals surface area contributed by atoms with Gasteiger partial charge in [0.05, 0.1) is 0 Å². The Morgan fingerprint density at radius 2 is 1.33 bits per heavy atom. The maximum Gasteiger partial charge on any atom is 0.407 e. The number of hydrogen-bond acceptors (Lipinski definition) is 4. The largest absolute Gasteiger partial charge is 0.460 e. The minimum Gasteiger partial charge on any atom is -0.460 e. The summed E-state index contributed by atoms with van der Waals surface area (Å²) in [5.74, 6) is -0.813. The van der Waals surface area contributed by atoms with Crippen molar-refractivity contribution in [1.82, 2.24) is 5.32 Å². The van der Waals surface area contributed by atoms with Crippen LogP contribution >= 0.6 is 69.6 Å². The summed E-state index contributed by atoms with van der Waals surface area (Å²) < 4.78 is 5.54. The first kappa shape index (κ1) is 18.5. The van der Waals surface area contributed by atoms with E-state index in [0.717, 1.165) is 0 Å². The fraction of sp³-hybridized carbons (Fsp3) is 0.714. The van der Waals surface area contributed by atoms with Crippen molar-refractivity contribution in [1.29, 1.82) is 0 Å². The van der Waals surface area contributed by atoms with Gasteiger partial charge in [0, 0.05) is 0 Å². The van der Waals surface area contributed by atoms with Crippen molar-refractivity contribution in [3.63, 3.8) is 0 Å². The van der Waals surface area contributed by atoms with Gasteiger partial charge < -0.3 is 14.8 Å². The number of amides is 1. The zero-order valence-electron chi connectivity index (χ0n) is 8.52. The minimum atomic E-state index is -1.73. The summed E-state index contributed by atoms with van der Waals surface area (Å²) in [5.41, 5.74) is 0. The molecule has 0 aromatic carbocycles. The Balaban J connectivity index is 3.76. The molecular formula is C7H7Cl6NO4. The maximum absolute atomic E-state index is 11.0. The summed E-state index contributed by atoms with van der Waals surface area (Å²) in [4.78, 5) is 22.0. The van der Waals surface area contributed by atoms with Crippen LogP contribution in [0.3, 0.4) is 0 Å². The van der Waals surface area contributed by atoms with Crippen LogP contribution in [0.4, 0.5) is 4.79 Å². The van der Waals surface area contributed by atoms with E-state index in [2.05, 4.69) is 14.8 Å². The maximum atomic E-state index is 11.0. The predicted molar refractivity (Wildman–Crippen MR) is 70.9 cm³/mol. The van der Waals surface area contributed by atoms with Crippen LogP contribution in [0.2, 0.25) is 0 Å². The number of rotatable bonds is 4. The molecular weight excluding hydrogens is 375 g/mol. The van der Waals surface area contributed by atoms with Crippen molar-refractivity contribution < 1.29 is 19.1 Å². The minimum absolute atomic E-state index is 0.443. The van der Waals surface area contributed by atoms with Gasteiger partial charge in [-0.15, -0.1) is 0 Å². The topological polar surface area (TPSA) is 64.6 Å². The molecule has 0 aliphatic heterocycles. The van der Waals surface area contributed by atoms with Gasteiger partial charge in [0.25, 0.3) is 0 Å². The van der Waals surface area contributed by atoms with Crippen molar-refractivity contribution in [3.05, 3.63) is 0 Å². The molecule has 0 heterocycles. The molecule has 0 aliphatic carbocycles. The lowest BCUT2D eigenvalue weighted by Gasteiger charge is -2.13. The van der Waals surface area contributed by atoms with Crippen LogP contribution in [0.5, 0.6) is 0 Å². The second-order valence-corrected chi connectivity index (χ2v) is 7.85. The van der Waals surface area contributed by atoms with Crippen LogP contribution < -0.4 is 5.32 Å². The first-order valence-corrected chi connectivity index (χ1v) is 6.46. The van der Waals surface area contributed by atoms with E-state index in [4.69, 9.17) is 69.6 Å². The number of alkyl carbamates (subject to hydrolysis) is 1. The fourth-order valence-corrected chi connectivity index (χ4v) is 0.883. The Morgan fingerprint density at radius 3 is 1.78 bits per heavy atom. The number of halogens is 6. The highest BCUT2D eigenvalue weighted by Gasteiger charge is 2.23. The lowest BCUT2D eigenvalue weighted by molar-refractivity contribution is -0.142. The van der Waals surface area contributed by atoms with Crippen LogP contribution in [0.1, 0.15) is 0 Å². The number of ether oxygens (including phenoxy) is 2. The zero-order valence-corrected chi connectivity index (χ0v) is 13.1. The van der Waals surface area contributed by atoms with E-state index in [1.807, 2.05) is 0 Å². The molecule has 0 saturated carbocycles. The second-order valence-electron chi connectivity index (χ2n) is 2.82. The highest BCUT2D eigenvalue weighted by molar-refractivity contribution is 6.68. The molecule has 0 bridgehead atoms. The average molecular weight is 382 g/mol. The zero-order chi connectivity index (χ0) is 14.4. The number of alkyl halides is 6. The van der Waals surface area contributed by atoms with Crippen molar-refractivity contribution in [2.45, 2.75) is 7.59 Å². The van der Waals surface area contributed by atoms with Gasteiger partial charge in [-0.1, -0.05) is 69.6 Å². The molecule has 0 aromatic heterocycles. The summed E-state index contributed by atoms with van der Waals surface area (Å²) in [5, 5.41) is 2.05. The van der Waals surface area contributed by atoms with Gasteiger partial charge in [0.15, 0.2) is 0 Å². The smallest absolute Gasteiger partial charge is 0.407 e. The van der Waals surface area contributed by atoms with Gasteiger partial charge >= 0.3 is 12.1 Å². The number of hydrogen-bond donors (Lipinski definition) is 1. The molecule has 1 amide bonds. The van der Waals surface area contributed by atoms with Crippen LogP contribution in [-0.2, 0) is 14.3 Å². The normalized spacial score (nSPS) is 11.9. The van der Waals surface area contributed by atoms with E-state index in [0.29, 0.717) is 0 Å². The number of nitrogens with one attached hydrogen (secondary N) is 1. The quantitative estimate of drug-likeness (QED) is 0.600. The van der Waals surface area contributed by atoms with E-state index in [9.17, 15) is 9.59 Å². The van der Waals surface area contributed by atoms with E-state index >= 15 is 0 Å². The molecule has 0 aromatic rings. The molecule has 5 nitrogen and oxygen atoms in total. The van der Waals surface area contributed by atoms with Crippen LogP contribution in [-0.4, -0.2) is 39.4 Å². The Kier molecular flexibility index (Phi) is 8.13. The first-order chi connectivity index (χ1) is 7.99. The Bertz CT molecular complexity index is 269. The van der Waals surface area contributed by atoms with Crippen molar-refractivity contribution in [3.8, 4) is 0 Å². The van der Waals surface area contributed by atoms with Crippen LogP contribution in [0.15, 0.2) is 0 Å². The third-order valence-corrected chi connectivity index (χ3v) is 1.80. The second kappa shape index (κ2) is 7.92. The molecule has 0 atom stereocenters. The molecule has 18 heavy (non-hydrogen) atoms. The molecule has 0 unspecified atom stereocenters. The molecule has 0 saturated heterocycles. The standard InChI is InChI=1S/C7H7Cl6NO4/c8-6(9,10)2-17-4(15)1-14-5(16)18-3-7(11,12)13/h1-3H2,(H,14,16). The van der Waals surface area contributed by atoms with E-state index < -0.39 is 39.4 Å². The molecule has 11 heteroatoms. The van der Waals surface area contributed by atoms with Gasteiger partial charge in [0.2, 0.25) is 7.59 Å².